The molecular weight excluding hydrogens is 2000 g/mol. The molecule has 0 saturated carbocycles. The maximum absolute atomic E-state index is 4.97. The maximum atomic E-state index is 4.97. The Labute approximate surface area is 1010 Å². The van der Waals surface area contributed by atoms with E-state index in [1.54, 1.807) is 4.90 Å². The molecule has 6 nitrogen and oxygen atoms in total. The van der Waals surface area contributed by atoms with E-state index in [2.05, 4.69) is 243 Å². The Hall–Kier alpha value is -1.83. The zero-order chi connectivity index (χ0) is 107. The largest absolute Gasteiger partial charge is 1.00 e. The molecule has 0 unspecified atom stereocenters. The topological polar surface area (TPSA) is 4.44 Å². The molecule has 0 aromatic heterocycles. The first-order valence-electron chi connectivity index (χ1n) is 64.6. The van der Waals surface area contributed by atoms with Gasteiger partial charge in [0.05, 0.1) is 157 Å². The lowest BCUT2D eigenvalue weighted by atomic mass is 10.0. The van der Waals surface area contributed by atoms with Crippen molar-refractivity contribution in [2.45, 2.75) is 646 Å². The van der Waals surface area contributed by atoms with Crippen LogP contribution in [0.25, 0.3) is 0 Å². The van der Waals surface area contributed by atoms with Crippen LogP contribution in [0.5, 0.6) is 0 Å². The summed E-state index contributed by atoms with van der Waals surface area (Å²) in [5.41, 5.74) is 0. The molecule has 150 heavy (non-hydrogen) atoms. The van der Waals surface area contributed by atoms with Gasteiger partial charge in [-0.1, -0.05) is 543 Å². The number of unbranched alkanes of at least 4 members (excludes halogenated alkanes) is 84. The number of hydrogen-bond acceptors (Lipinski definition) is 0. The van der Waals surface area contributed by atoms with Gasteiger partial charge in [-0.2, -0.15) is 0 Å². The summed E-state index contributed by atoms with van der Waals surface area (Å²) >= 11 is 0. The first-order chi connectivity index (χ1) is 69.8. The van der Waals surface area contributed by atoms with Gasteiger partial charge in [0.25, 0.3) is 0 Å². The summed E-state index contributed by atoms with van der Waals surface area (Å²) in [5, 5.41) is 0. The fraction of sp³-hybridized carbons (Fsp3) is 0.884. The van der Waals surface area contributed by atoms with E-state index in [-0.39, 0.29) is 96.1 Å². The van der Waals surface area contributed by atoms with Gasteiger partial charge in [-0.25, -0.2) is 0 Å². The number of nitrogens with zero attached hydrogens (tertiary/aromatic N) is 5. The predicted molar refractivity (Wildman–Crippen MR) is 683 cm³/mol. The van der Waals surface area contributed by atoms with E-state index in [9.17, 15) is 0 Å². The summed E-state index contributed by atoms with van der Waals surface area (Å²) in [6.07, 6.45) is 137. The molecule has 0 aliphatic heterocycles. The third-order valence-electron chi connectivity index (χ3n) is 29.1. The lowest BCUT2D eigenvalue weighted by Gasteiger charge is -2.30. The number of rotatable bonds is 100. The normalized spacial score (nSPS) is 10.6. The Balaban J connectivity index is -0.0000000641. The van der Waals surface area contributed by atoms with Crippen molar-refractivity contribution >= 4 is 0 Å². The van der Waals surface area contributed by atoms with Crippen LogP contribution in [0, 0.1) is 95.4 Å². The second-order valence-electron chi connectivity index (χ2n) is 48.7. The Kier molecular flexibility index (Phi) is 170. The Morgan fingerprint density at radius 2 is 0.280 bits per heavy atom. The molecule has 0 aromatic rings. The van der Waals surface area contributed by atoms with Crippen LogP contribution in [0.15, 0.2) is 0 Å². The molecule has 1 N–H and O–H groups in total. The lowest BCUT2D eigenvalue weighted by Crippen LogP contribution is -3.05. The summed E-state index contributed by atoms with van der Waals surface area (Å²) in [5.74, 6) is 35.9. The molecule has 12 heteroatoms. The zero-order valence-electron chi connectivity index (χ0n) is 106. The predicted octanol–water partition coefficient (Wildman–Crippen LogP) is 24.3. The molecule has 0 rings (SSSR count). The smallest absolute Gasteiger partial charge is 0.151 e. The molecule has 0 radical (unpaired) electrons. The zero-order valence-corrected chi connectivity index (χ0v) is 111. The monoisotopic (exact) mass is 2290 g/mol. The van der Waals surface area contributed by atoms with E-state index in [0.717, 1.165) is 15.5 Å². The van der Waals surface area contributed by atoms with Gasteiger partial charge in [-0.05, 0) is 144 Å². The minimum atomic E-state index is 0. The van der Waals surface area contributed by atoms with E-state index in [1.165, 1.54) is 645 Å². The van der Waals surface area contributed by atoms with Crippen molar-refractivity contribution in [2.24, 2.45) is 0 Å². The highest BCUT2D eigenvalue weighted by Gasteiger charge is 2.17. The molecule has 0 atom stereocenters. The Morgan fingerprint density at radius 3 is 0.420 bits per heavy atom. The molecule has 0 heterocycles. The molecule has 0 saturated heterocycles. The van der Waals surface area contributed by atoms with Crippen molar-refractivity contribution in [3.8, 4) is 95.4 Å². The van der Waals surface area contributed by atoms with Gasteiger partial charge in [0.2, 0.25) is 0 Å². The number of terminal acetylenes is 1. The second-order valence-corrected chi connectivity index (χ2v) is 48.7. The van der Waals surface area contributed by atoms with Crippen LogP contribution in [0.2, 0.25) is 0 Å². The van der Waals surface area contributed by atoms with Gasteiger partial charge < -0.3 is 102 Å². The van der Waals surface area contributed by atoms with Gasteiger partial charge in [0.1, 0.15) is 0 Å². The van der Waals surface area contributed by atoms with Crippen molar-refractivity contribution < 1.29 is 123 Å². The minimum Gasteiger partial charge on any atom is -1.00 e. The molecule has 0 aromatic carbocycles. The second kappa shape index (κ2) is 147. The molecule has 0 bridgehead atoms. The molecule has 0 amide bonds. The average molecular weight is 2290 g/mol. The molecule has 0 fully saturated rings. The first kappa shape index (κ1) is 173. The van der Waals surface area contributed by atoms with E-state index in [4.69, 9.17) is 6.42 Å². The fourth-order valence-electron chi connectivity index (χ4n) is 19.2. The highest BCUT2D eigenvalue weighted by Crippen LogP contribution is 2.22. The van der Waals surface area contributed by atoms with Gasteiger partial charge in [-0.15, -0.1) is 6.42 Å². The van der Waals surface area contributed by atoms with E-state index >= 15 is 0 Å². The van der Waals surface area contributed by atoms with Crippen LogP contribution in [0.3, 0.4) is 0 Å². The van der Waals surface area contributed by atoms with Crippen molar-refractivity contribution in [1.82, 2.24) is 0 Å². The Morgan fingerprint density at radius 1 is 0.160 bits per heavy atom. The number of hydrogen-bond donors (Lipinski definition) is 1. The van der Waals surface area contributed by atoms with E-state index < -0.39 is 0 Å². The van der Waals surface area contributed by atoms with Crippen LogP contribution < -0.4 is 83.9 Å². The van der Waals surface area contributed by atoms with Crippen LogP contribution in [-0.2, 0) is 0 Å². The SMILES string of the molecule is C#CC#CC#CC#CC#CC#CC#CC#C[N+](C)(C)CCCCCCCCCCCCCCCC.CCCCCCCCCCCCCCCC[N+](C)(C)C.CCCCCCCCCCCCCCCC[N+](C)(C)CCCCCCCCCCCC.CCCCCCCCCCCC[N+](C)(C)C.CCCCCCCCCCCC[N+](C)(C)CCCCCCCCCCCC.CCCCCCCCCCCC[NH+](C)C.[Br-].[Cl-].[Cl-].[Cl-].[Cl-].[Cl-].[HH].[HH].[HH].[HH].[HH].[HH].[HH].[HH].[HH].[HH].[HH].[HH]. The lowest BCUT2D eigenvalue weighted by molar-refractivity contribution is -0.890. The van der Waals surface area contributed by atoms with Crippen molar-refractivity contribution in [2.75, 3.05) is 151 Å². The summed E-state index contributed by atoms with van der Waals surface area (Å²) in [4.78, 5) is 1.59. The van der Waals surface area contributed by atoms with Crippen molar-refractivity contribution in [3.63, 3.8) is 0 Å². The summed E-state index contributed by atoms with van der Waals surface area (Å²) in [7, 11) is 32.3. The van der Waals surface area contributed by atoms with Gasteiger partial charge >= 0.3 is 0 Å². The number of quaternary nitrogens is 6. The van der Waals surface area contributed by atoms with Crippen molar-refractivity contribution in [1.29, 1.82) is 0 Å². The molecule has 0 aliphatic rings. The maximum Gasteiger partial charge on any atom is 0.151 e. The van der Waals surface area contributed by atoms with E-state index in [1.807, 2.05) is 0 Å². The average Bonchev–Trinajstić information content (AvgIpc) is 0.943. The fourth-order valence-corrected chi connectivity index (χ4v) is 19.2. The van der Waals surface area contributed by atoms with E-state index in [0.29, 0.717) is 4.48 Å². The highest BCUT2D eigenvalue weighted by molar-refractivity contribution is 5.45. The molecular formula is C138H292BrCl5N6. The number of nitrogens with one attached hydrogen (secondary N) is 1. The minimum absolute atomic E-state index is 0. The summed E-state index contributed by atoms with van der Waals surface area (Å²) < 4.78 is 5.39. The highest BCUT2D eigenvalue weighted by atomic mass is 79.9. The van der Waals surface area contributed by atoms with Crippen LogP contribution in [0.4, 0.5) is 0 Å². The quantitative estimate of drug-likeness (QED) is 0.0352. The standard InChI is InChI=1S/C34H40N.C30H64N.C26H56N.C19H42N.C15H34N.C14H31N.BrH.5ClH.12H2/c1-5-7-9-11-13-15-17-19-21-23-25-27-29-31-33-35(3,4)34-32-30-28-26-24-22-20-18-16-14-12-10-8-6-2;1-5-7-9-11-13-15-17-18-19-20-22-24-26-28-30-31(3,4)29-27-25-23-21-16-14-12-10-8-6-2;1-5-7-9-11-13-15-17-19-21-23-25-27(3,4)26-24-22-20-18-16-14-12-10-8-6-2;1-5-6-7-8-9-10-11-12-13-14-15-16-17-18-19-20(2,3)4;1-5-6-7-8-9-10-11-12-13-14-15-16(2,3)4;1-4-5-6-7-8-9-10-11-12-13-14-15(2)3;;;;;;;;;;;;;;;;;;/h1H,6,8,10,12,14,16,18,20,22,24,26,28,30,32,34H2,2-4H3;5-30H2,1-4H3;5-26H2,1-4H3;5-19H2,1-4H3;5-15H2,1-4H3;4-14H2,1-3H3;18*1H/q5*+1;;;;;;;;;;;;;;;;;;;/p-5. The van der Waals surface area contributed by atoms with Gasteiger partial charge in [0, 0.05) is 52.6 Å². The summed E-state index contributed by atoms with van der Waals surface area (Å²) in [6, 6.07) is 3.19. The van der Waals surface area contributed by atoms with Gasteiger partial charge in [0.15, 0.2) is 6.04 Å². The first-order valence-corrected chi connectivity index (χ1v) is 64.6. The number of halogens is 6. The molecule has 0 aliphatic carbocycles. The molecule has 916 valence electrons. The van der Waals surface area contributed by atoms with Crippen LogP contribution in [-0.4, -0.2) is 173 Å². The third kappa shape index (κ3) is 182. The third-order valence-corrected chi connectivity index (χ3v) is 29.1. The molecule has 0 spiro atoms. The van der Waals surface area contributed by atoms with Gasteiger partial charge in [-0.3, -0.25) is 4.48 Å². The van der Waals surface area contributed by atoms with Crippen LogP contribution in [0.1, 0.15) is 663 Å². The van der Waals surface area contributed by atoms with Crippen LogP contribution >= 0.6 is 0 Å². The van der Waals surface area contributed by atoms with Crippen molar-refractivity contribution in [3.05, 3.63) is 0 Å². The Bertz CT molecular complexity index is 3060. The summed E-state index contributed by atoms with van der Waals surface area (Å²) in [6.45, 7) is 28.9.